The Morgan fingerprint density at radius 2 is 1.88 bits per heavy atom. The van der Waals surface area contributed by atoms with Crippen LogP contribution in [0, 0.1) is 17.2 Å². The van der Waals surface area contributed by atoms with Gasteiger partial charge in [0.1, 0.15) is 6.04 Å². The monoisotopic (exact) mass is 483 g/mol. The van der Waals surface area contributed by atoms with E-state index in [4.69, 9.17) is 14.2 Å². The summed E-state index contributed by atoms with van der Waals surface area (Å²) in [6.45, 7) is 7.62. The normalized spacial score (nSPS) is 15.6. The number of rotatable bonds is 10. The summed E-state index contributed by atoms with van der Waals surface area (Å²) >= 11 is 1.35. The zero-order valence-corrected chi connectivity index (χ0v) is 21.1. The van der Waals surface area contributed by atoms with Crippen LogP contribution in [-0.4, -0.2) is 57.3 Å². The van der Waals surface area contributed by atoms with Gasteiger partial charge in [0, 0.05) is 4.88 Å². The van der Waals surface area contributed by atoms with E-state index in [1.165, 1.54) is 11.3 Å². The molecule has 0 aliphatic carbocycles. The lowest BCUT2D eigenvalue weighted by Gasteiger charge is -2.36. The fraction of sp³-hybridized carbons (Fsp3) is 0.462. The predicted octanol–water partition coefficient (Wildman–Crippen LogP) is 4.44. The van der Waals surface area contributed by atoms with Crippen LogP contribution in [-0.2, 0) is 4.79 Å². The second-order valence-electron chi connectivity index (χ2n) is 8.07. The van der Waals surface area contributed by atoms with Crippen molar-refractivity contribution in [2.75, 3.05) is 40.4 Å². The highest BCUT2D eigenvalue weighted by molar-refractivity contribution is 7.14. The van der Waals surface area contributed by atoms with Crippen LogP contribution < -0.4 is 19.5 Å². The molecule has 0 radical (unpaired) electrons. The van der Waals surface area contributed by atoms with Crippen LogP contribution in [0.25, 0.3) is 11.6 Å². The topological polar surface area (TPSA) is 83.8 Å². The van der Waals surface area contributed by atoms with Gasteiger partial charge in [0.05, 0.1) is 25.9 Å². The summed E-state index contributed by atoms with van der Waals surface area (Å²) < 4.78 is 16.5. The first kappa shape index (κ1) is 25.8. The van der Waals surface area contributed by atoms with Crippen molar-refractivity contribution in [2.45, 2.75) is 32.7 Å². The van der Waals surface area contributed by atoms with Gasteiger partial charge in [-0.1, -0.05) is 25.2 Å². The number of esters is 1. The first-order chi connectivity index (χ1) is 16.5. The number of allylic oxidation sites excluding steroid dienone is 1. The highest BCUT2D eigenvalue weighted by Crippen LogP contribution is 2.33. The molecule has 34 heavy (non-hydrogen) atoms. The first-order valence-corrected chi connectivity index (χ1v) is 12.5. The maximum atomic E-state index is 13.2. The molecule has 2 aromatic rings. The fourth-order valence-corrected chi connectivity index (χ4v) is 5.17. The van der Waals surface area contributed by atoms with Gasteiger partial charge in [-0.2, -0.15) is 5.26 Å². The number of nitrogens with zero attached hydrogens (tertiary/aromatic N) is 2. The summed E-state index contributed by atoms with van der Waals surface area (Å²) in [7, 11) is 3.13. The van der Waals surface area contributed by atoms with Gasteiger partial charge in [0.25, 0.3) is 0 Å². The standard InChI is InChI=1S/C26H33N3O4S/c1-5-29(6-2)25(18-11-13-28-14-12-18)26(30)33-24-10-8-21(34-24)15-20(17-27)19-7-9-22(31-3)23(16-19)32-4/h7-10,15-16,18,25,28H,5-6,11-14H2,1-4H3. The molecule has 0 spiro atoms. The number of piperidine rings is 1. The minimum absolute atomic E-state index is 0.201. The van der Waals surface area contributed by atoms with E-state index >= 15 is 0 Å². The van der Waals surface area contributed by atoms with Gasteiger partial charge >= 0.3 is 5.97 Å². The third-order valence-corrected chi connectivity index (χ3v) is 7.09. The molecule has 1 aromatic heterocycles. The Hall–Kier alpha value is -2.86. The van der Waals surface area contributed by atoms with Crippen LogP contribution in [0.4, 0.5) is 0 Å². The summed E-state index contributed by atoms with van der Waals surface area (Å²) in [5.41, 5.74) is 1.20. The number of carbonyl (C=O) groups is 1. The van der Waals surface area contributed by atoms with Gasteiger partial charge in [-0.15, -0.1) is 0 Å². The number of hydrogen-bond acceptors (Lipinski definition) is 8. The van der Waals surface area contributed by atoms with E-state index in [0.717, 1.165) is 49.5 Å². The quantitative estimate of drug-likeness (QED) is 0.395. The number of nitriles is 1. The molecule has 182 valence electrons. The molecule has 1 saturated heterocycles. The van der Waals surface area contributed by atoms with E-state index in [1.54, 1.807) is 38.5 Å². The summed E-state index contributed by atoms with van der Waals surface area (Å²) in [5.74, 6) is 1.24. The molecule has 0 amide bonds. The van der Waals surface area contributed by atoms with E-state index in [1.807, 2.05) is 12.1 Å². The zero-order valence-electron chi connectivity index (χ0n) is 20.3. The molecule has 2 heterocycles. The summed E-state index contributed by atoms with van der Waals surface area (Å²) in [6, 6.07) is 11.0. The fourth-order valence-electron chi connectivity index (χ4n) is 4.37. The number of carbonyl (C=O) groups excluding carboxylic acids is 1. The van der Waals surface area contributed by atoms with E-state index < -0.39 is 0 Å². The number of likely N-dealkylation sites (N-methyl/N-ethyl adjacent to an activating group) is 1. The van der Waals surface area contributed by atoms with Gasteiger partial charge in [0.15, 0.2) is 16.6 Å². The lowest BCUT2D eigenvalue weighted by atomic mass is 9.89. The molecular formula is C26H33N3O4S. The van der Waals surface area contributed by atoms with Crippen molar-refractivity contribution >= 4 is 29.0 Å². The molecule has 7 nitrogen and oxygen atoms in total. The number of methoxy groups -OCH3 is 2. The maximum absolute atomic E-state index is 13.2. The van der Waals surface area contributed by atoms with Gasteiger partial charge in [-0.25, -0.2) is 4.79 Å². The Morgan fingerprint density at radius 1 is 1.18 bits per heavy atom. The second kappa shape index (κ2) is 12.6. The molecule has 0 saturated carbocycles. The van der Waals surface area contributed by atoms with Crippen molar-refractivity contribution in [1.82, 2.24) is 10.2 Å². The van der Waals surface area contributed by atoms with Crippen molar-refractivity contribution < 1.29 is 19.0 Å². The number of nitrogens with one attached hydrogen (secondary N) is 1. The minimum atomic E-state index is -0.250. The van der Waals surface area contributed by atoms with E-state index in [9.17, 15) is 10.1 Å². The van der Waals surface area contributed by atoms with Gasteiger partial charge < -0.3 is 19.5 Å². The maximum Gasteiger partial charge on any atom is 0.329 e. The predicted molar refractivity (Wildman–Crippen MR) is 135 cm³/mol. The number of thiophene rings is 1. The molecule has 1 N–H and O–H groups in total. The van der Waals surface area contributed by atoms with Gasteiger partial charge in [0.2, 0.25) is 0 Å². The largest absolute Gasteiger partial charge is 0.493 e. The number of hydrogen-bond donors (Lipinski definition) is 1. The second-order valence-corrected chi connectivity index (χ2v) is 9.15. The van der Waals surface area contributed by atoms with Gasteiger partial charge in [-0.3, -0.25) is 4.90 Å². The average molecular weight is 484 g/mol. The molecular weight excluding hydrogens is 450 g/mol. The summed E-state index contributed by atoms with van der Waals surface area (Å²) in [4.78, 5) is 16.3. The SMILES string of the molecule is CCN(CC)C(C(=O)Oc1ccc(C=C(C#N)c2ccc(OC)c(OC)c2)s1)C1CCNCC1. The van der Waals surface area contributed by atoms with Crippen LogP contribution in [0.1, 0.15) is 37.1 Å². The molecule has 1 atom stereocenters. The third-order valence-electron chi connectivity index (χ3n) is 6.18. The zero-order chi connectivity index (χ0) is 24.5. The summed E-state index contributed by atoms with van der Waals surface area (Å²) in [5, 5.41) is 13.6. The minimum Gasteiger partial charge on any atom is -0.493 e. The van der Waals surface area contributed by atoms with Crippen molar-refractivity contribution in [2.24, 2.45) is 5.92 Å². The number of benzene rings is 1. The Morgan fingerprint density at radius 3 is 2.50 bits per heavy atom. The van der Waals surface area contributed by atoms with Crippen LogP contribution in [0.5, 0.6) is 16.6 Å². The van der Waals surface area contributed by atoms with E-state index in [0.29, 0.717) is 22.1 Å². The van der Waals surface area contributed by atoms with Crippen LogP contribution in [0.15, 0.2) is 30.3 Å². The van der Waals surface area contributed by atoms with Crippen molar-refractivity contribution in [3.8, 4) is 22.6 Å². The average Bonchev–Trinajstić information content (AvgIpc) is 3.32. The first-order valence-electron chi connectivity index (χ1n) is 11.6. The Kier molecular flexibility index (Phi) is 9.52. The third kappa shape index (κ3) is 6.17. The molecule has 1 aliphatic rings. The van der Waals surface area contributed by atoms with E-state index in [-0.39, 0.29) is 17.9 Å². The Balaban J connectivity index is 1.78. The smallest absolute Gasteiger partial charge is 0.329 e. The van der Waals surface area contributed by atoms with E-state index in [2.05, 4.69) is 30.1 Å². The van der Waals surface area contributed by atoms with Gasteiger partial charge in [-0.05, 0) is 86.9 Å². The molecule has 1 aliphatic heterocycles. The number of ether oxygens (including phenoxy) is 3. The van der Waals surface area contributed by atoms with Crippen LogP contribution in [0.3, 0.4) is 0 Å². The Labute approximate surface area is 205 Å². The highest BCUT2D eigenvalue weighted by atomic mass is 32.1. The summed E-state index contributed by atoms with van der Waals surface area (Å²) in [6.07, 6.45) is 3.72. The highest BCUT2D eigenvalue weighted by Gasteiger charge is 2.35. The Bertz CT molecular complexity index is 1030. The molecule has 0 bridgehead atoms. The van der Waals surface area contributed by atoms with Crippen molar-refractivity contribution in [3.05, 3.63) is 40.8 Å². The lowest BCUT2D eigenvalue weighted by Crippen LogP contribution is -2.50. The van der Waals surface area contributed by atoms with Crippen molar-refractivity contribution in [3.63, 3.8) is 0 Å². The lowest BCUT2D eigenvalue weighted by molar-refractivity contribution is -0.142. The molecule has 1 aromatic carbocycles. The molecule has 1 fully saturated rings. The molecule has 1 unspecified atom stereocenters. The molecule has 8 heteroatoms. The molecule has 3 rings (SSSR count). The van der Waals surface area contributed by atoms with Crippen molar-refractivity contribution in [1.29, 1.82) is 5.26 Å². The van der Waals surface area contributed by atoms with Crippen LogP contribution in [0.2, 0.25) is 0 Å². The van der Waals surface area contributed by atoms with Crippen LogP contribution >= 0.6 is 11.3 Å².